The van der Waals surface area contributed by atoms with Gasteiger partial charge >= 0.3 is 5.97 Å². The first-order valence-electron chi connectivity index (χ1n) is 4.91. The lowest BCUT2D eigenvalue weighted by Gasteiger charge is -2.07. The van der Waals surface area contributed by atoms with E-state index in [0.717, 1.165) is 16.8 Å². The number of hydrogen-bond acceptors (Lipinski definition) is 3. The first-order valence-corrected chi connectivity index (χ1v) is 4.91. The number of likely N-dealkylation sites (N-methyl/N-ethyl adjacent to an activating group) is 1. The number of carbonyl (C=O) groups is 1. The van der Waals surface area contributed by atoms with Crippen LogP contribution >= 0.6 is 0 Å². The summed E-state index contributed by atoms with van der Waals surface area (Å²) >= 11 is 0. The molecule has 1 aromatic rings. The van der Waals surface area contributed by atoms with Gasteiger partial charge in [-0.15, -0.1) is 5.11 Å². The van der Waals surface area contributed by atoms with Crippen molar-refractivity contribution < 1.29 is 9.90 Å². The van der Waals surface area contributed by atoms with E-state index in [1.54, 1.807) is 7.05 Å². The van der Waals surface area contributed by atoms with Crippen LogP contribution in [0.4, 0.5) is 5.69 Å². The van der Waals surface area contributed by atoms with E-state index in [-0.39, 0.29) is 6.54 Å². The lowest BCUT2D eigenvalue weighted by molar-refractivity contribution is -0.138. The number of aliphatic carboxylic acids is 1. The molecule has 0 saturated heterocycles. The zero-order valence-corrected chi connectivity index (χ0v) is 9.64. The zero-order chi connectivity index (χ0) is 12.1. The normalized spacial score (nSPS) is 10.7. The summed E-state index contributed by atoms with van der Waals surface area (Å²) in [4.78, 5) is 10.4. The number of carboxylic acid groups (broad SMARTS) is 1. The van der Waals surface area contributed by atoms with Gasteiger partial charge < -0.3 is 5.11 Å². The molecule has 0 bridgehead atoms. The molecule has 0 spiro atoms. The number of carboxylic acids is 1. The maximum absolute atomic E-state index is 10.4. The quantitative estimate of drug-likeness (QED) is 0.626. The average Bonchev–Trinajstić information content (AvgIpc) is 2.18. The van der Waals surface area contributed by atoms with E-state index >= 15 is 0 Å². The zero-order valence-electron chi connectivity index (χ0n) is 9.64. The van der Waals surface area contributed by atoms with E-state index in [4.69, 9.17) is 5.11 Å². The molecule has 1 aromatic carbocycles. The summed E-state index contributed by atoms with van der Waals surface area (Å²) in [6.07, 6.45) is 0. The Hall–Kier alpha value is -1.91. The van der Waals surface area contributed by atoms with E-state index in [2.05, 4.69) is 10.3 Å². The molecule has 1 N–H and O–H groups in total. The Morgan fingerprint density at radius 3 is 2.75 bits per heavy atom. The fraction of sp³-hybridized carbons (Fsp3) is 0.364. The first-order chi connectivity index (χ1) is 7.49. The van der Waals surface area contributed by atoms with Crippen molar-refractivity contribution in [2.24, 2.45) is 10.3 Å². The van der Waals surface area contributed by atoms with Gasteiger partial charge in [0.25, 0.3) is 0 Å². The van der Waals surface area contributed by atoms with Gasteiger partial charge in [-0.2, -0.15) is 0 Å². The van der Waals surface area contributed by atoms with Crippen LogP contribution in [0.5, 0.6) is 0 Å². The highest BCUT2D eigenvalue weighted by atomic mass is 16.4. The van der Waals surface area contributed by atoms with Gasteiger partial charge in [-0.25, -0.2) is 0 Å². The molecule has 0 atom stereocenters. The highest BCUT2D eigenvalue weighted by Gasteiger charge is 2.01. The molecule has 5 heteroatoms. The molecule has 86 valence electrons. The Bertz CT molecular complexity index is 416. The third kappa shape index (κ3) is 3.68. The number of benzene rings is 1. The second kappa shape index (κ2) is 5.25. The van der Waals surface area contributed by atoms with Crippen LogP contribution in [0, 0.1) is 13.8 Å². The van der Waals surface area contributed by atoms with Crippen LogP contribution in [-0.4, -0.2) is 29.7 Å². The summed E-state index contributed by atoms with van der Waals surface area (Å²) in [6.45, 7) is 3.75. The third-order valence-corrected chi connectivity index (χ3v) is 2.03. The maximum Gasteiger partial charge on any atom is 0.324 e. The van der Waals surface area contributed by atoms with Crippen molar-refractivity contribution in [2.45, 2.75) is 13.8 Å². The SMILES string of the molecule is Cc1ccc(C)c(/N=N/N(C)CC(=O)O)c1. The Balaban J connectivity index is 2.75. The highest BCUT2D eigenvalue weighted by Crippen LogP contribution is 2.20. The van der Waals surface area contributed by atoms with E-state index in [0.29, 0.717) is 0 Å². The molecule has 0 aliphatic carbocycles. The summed E-state index contributed by atoms with van der Waals surface area (Å²) in [5, 5.41) is 17.6. The van der Waals surface area contributed by atoms with Crippen LogP contribution in [0.3, 0.4) is 0 Å². The van der Waals surface area contributed by atoms with Crippen molar-refractivity contribution >= 4 is 11.7 Å². The second-order valence-electron chi connectivity index (χ2n) is 3.69. The molecule has 0 aromatic heterocycles. The smallest absolute Gasteiger partial charge is 0.324 e. The molecule has 0 radical (unpaired) electrons. The van der Waals surface area contributed by atoms with Gasteiger partial charge in [-0.05, 0) is 31.0 Å². The Kier molecular flexibility index (Phi) is 3.99. The number of rotatable bonds is 4. The van der Waals surface area contributed by atoms with Crippen LogP contribution in [0.2, 0.25) is 0 Å². The maximum atomic E-state index is 10.4. The molecule has 0 aliphatic rings. The minimum absolute atomic E-state index is 0.158. The fourth-order valence-electron chi connectivity index (χ4n) is 1.18. The number of nitrogens with zero attached hydrogens (tertiary/aromatic N) is 3. The van der Waals surface area contributed by atoms with E-state index in [1.807, 2.05) is 32.0 Å². The van der Waals surface area contributed by atoms with Crippen molar-refractivity contribution in [1.29, 1.82) is 0 Å². The minimum Gasteiger partial charge on any atom is -0.480 e. The van der Waals surface area contributed by atoms with Crippen LogP contribution in [0.1, 0.15) is 11.1 Å². The molecule has 5 nitrogen and oxygen atoms in total. The molecule has 0 unspecified atom stereocenters. The van der Waals surface area contributed by atoms with Crippen LogP contribution in [0.15, 0.2) is 28.5 Å². The molecule has 0 aliphatic heterocycles. The first kappa shape index (κ1) is 12.2. The molecular formula is C11H15N3O2. The molecule has 1 rings (SSSR count). The molecule has 0 heterocycles. The summed E-state index contributed by atoms with van der Waals surface area (Å²) in [5.74, 6) is -0.928. The van der Waals surface area contributed by atoms with Gasteiger partial charge in [0.05, 0.1) is 5.69 Å². The van der Waals surface area contributed by atoms with Crippen molar-refractivity contribution in [3.8, 4) is 0 Å². The average molecular weight is 221 g/mol. The predicted molar refractivity (Wildman–Crippen MR) is 60.7 cm³/mol. The van der Waals surface area contributed by atoms with E-state index in [9.17, 15) is 4.79 Å². The van der Waals surface area contributed by atoms with Gasteiger partial charge in [0.1, 0.15) is 6.54 Å². The van der Waals surface area contributed by atoms with Crippen molar-refractivity contribution in [1.82, 2.24) is 5.01 Å². The van der Waals surface area contributed by atoms with Crippen LogP contribution < -0.4 is 0 Å². The van der Waals surface area contributed by atoms with Crippen molar-refractivity contribution in [3.63, 3.8) is 0 Å². The minimum atomic E-state index is -0.928. The number of hydrogen-bond donors (Lipinski definition) is 1. The molecule has 16 heavy (non-hydrogen) atoms. The molecule has 0 amide bonds. The fourth-order valence-corrected chi connectivity index (χ4v) is 1.18. The van der Waals surface area contributed by atoms with E-state index in [1.165, 1.54) is 5.01 Å². The van der Waals surface area contributed by atoms with Gasteiger partial charge in [-0.1, -0.05) is 17.4 Å². The summed E-state index contributed by atoms with van der Waals surface area (Å²) < 4.78 is 0. The molecule has 0 fully saturated rings. The Morgan fingerprint density at radius 2 is 2.12 bits per heavy atom. The van der Waals surface area contributed by atoms with Crippen molar-refractivity contribution in [2.75, 3.05) is 13.6 Å². The topological polar surface area (TPSA) is 65.3 Å². The van der Waals surface area contributed by atoms with Crippen molar-refractivity contribution in [3.05, 3.63) is 29.3 Å². The third-order valence-electron chi connectivity index (χ3n) is 2.03. The van der Waals surface area contributed by atoms with Gasteiger partial charge in [0.15, 0.2) is 0 Å². The lowest BCUT2D eigenvalue weighted by atomic mass is 10.1. The standard InChI is InChI=1S/C11H15N3O2/c1-8-4-5-9(2)10(6-8)12-13-14(3)7-11(15)16/h4-6H,7H2,1-3H3,(H,15,16)/b13-12+. The van der Waals surface area contributed by atoms with E-state index < -0.39 is 5.97 Å². The summed E-state index contributed by atoms with van der Waals surface area (Å²) in [7, 11) is 1.57. The van der Waals surface area contributed by atoms with Gasteiger partial charge in [0.2, 0.25) is 0 Å². The van der Waals surface area contributed by atoms with Crippen LogP contribution in [-0.2, 0) is 4.79 Å². The Labute approximate surface area is 94.4 Å². The lowest BCUT2D eigenvalue weighted by Crippen LogP contribution is -2.19. The van der Waals surface area contributed by atoms with Crippen LogP contribution in [0.25, 0.3) is 0 Å². The van der Waals surface area contributed by atoms with Gasteiger partial charge in [0, 0.05) is 7.05 Å². The molecular weight excluding hydrogens is 206 g/mol. The molecule has 0 saturated carbocycles. The highest BCUT2D eigenvalue weighted by molar-refractivity contribution is 5.68. The largest absolute Gasteiger partial charge is 0.480 e. The number of aryl methyl sites for hydroxylation is 2. The predicted octanol–water partition coefficient (Wildman–Crippen LogP) is 2.32. The summed E-state index contributed by atoms with van der Waals surface area (Å²) in [6, 6.07) is 5.86. The summed E-state index contributed by atoms with van der Waals surface area (Å²) in [5.41, 5.74) is 2.87. The second-order valence-corrected chi connectivity index (χ2v) is 3.69. The van der Waals surface area contributed by atoms with Gasteiger partial charge in [-0.3, -0.25) is 9.80 Å². The Morgan fingerprint density at radius 1 is 1.44 bits per heavy atom. The monoisotopic (exact) mass is 221 g/mol.